The van der Waals surface area contributed by atoms with E-state index in [4.69, 9.17) is 11.6 Å². The van der Waals surface area contributed by atoms with Crippen LogP contribution < -0.4 is 5.32 Å². The second kappa shape index (κ2) is 4.47. The third-order valence-electron chi connectivity index (χ3n) is 2.45. The third-order valence-corrected chi connectivity index (χ3v) is 3.50. The number of nitrogens with zero attached hydrogens (tertiary/aromatic N) is 1. The summed E-state index contributed by atoms with van der Waals surface area (Å²) < 4.78 is 0.698. The van der Waals surface area contributed by atoms with Crippen LogP contribution in [0.15, 0.2) is 6.20 Å². The fraction of sp³-hybridized carbons (Fsp3) is 0.667. The summed E-state index contributed by atoms with van der Waals surface area (Å²) in [7, 11) is 0. The van der Waals surface area contributed by atoms with Crippen molar-refractivity contribution in [1.82, 2.24) is 4.98 Å². The van der Waals surface area contributed by atoms with Crippen LogP contribution in [-0.4, -0.2) is 22.2 Å². The molecule has 1 fully saturated rings. The van der Waals surface area contributed by atoms with Gasteiger partial charge in [0.1, 0.15) is 4.34 Å². The number of anilines is 1. The molecule has 1 heterocycles. The molecule has 0 aliphatic heterocycles. The number of aliphatic hydroxyl groups excluding tert-OH is 1. The van der Waals surface area contributed by atoms with E-state index in [-0.39, 0.29) is 6.10 Å². The van der Waals surface area contributed by atoms with Crippen molar-refractivity contribution in [1.29, 1.82) is 0 Å². The van der Waals surface area contributed by atoms with Crippen LogP contribution >= 0.6 is 22.9 Å². The van der Waals surface area contributed by atoms with E-state index in [2.05, 4.69) is 10.3 Å². The summed E-state index contributed by atoms with van der Waals surface area (Å²) in [5, 5.41) is 13.6. The first-order chi connectivity index (χ1) is 6.74. The number of hydrogen-bond donors (Lipinski definition) is 2. The maximum atomic E-state index is 9.48. The minimum absolute atomic E-state index is 0.156. The highest BCUT2D eigenvalue weighted by atomic mass is 35.5. The van der Waals surface area contributed by atoms with Crippen LogP contribution in [0.3, 0.4) is 0 Å². The lowest BCUT2D eigenvalue weighted by atomic mass is 9.93. The first-order valence-electron chi connectivity index (χ1n) is 4.80. The standard InChI is InChI=1S/C9H13ClN2OS/c10-8-5-11-9(14-8)12-6-2-1-3-7(13)4-6/h5-7,13H,1-4H2,(H,11,12). The van der Waals surface area contributed by atoms with Gasteiger partial charge in [-0.3, -0.25) is 0 Å². The van der Waals surface area contributed by atoms with Crippen LogP contribution in [0.1, 0.15) is 25.7 Å². The Hall–Kier alpha value is -0.320. The fourth-order valence-corrected chi connectivity index (χ4v) is 2.68. The molecule has 1 saturated carbocycles. The first-order valence-corrected chi connectivity index (χ1v) is 5.99. The van der Waals surface area contributed by atoms with Crippen molar-refractivity contribution in [2.75, 3.05) is 5.32 Å². The number of rotatable bonds is 2. The summed E-state index contributed by atoms with van der Waals surface area (Å²) in [5.74, 6) is 0. The Morgan fingerprint density at radius 2 is 2.43 bits per heavy atom. The Morgan fingerprint density at radius 1 is 1.57 bits per heavy atom. The lowest BCUT2D eigenvalue weighted by Gasteiger charge is -2.26. The number of halogens is 1. The van der Waals surface area contributed by atoms with E-state index in [1.165, 1.54) is 11.3 Å². The van der Waals surface area contributed by atoms with E-state index < -0.39 is 0 Å². The van der Waals surface area contributed by atoms with Crippen molar-refractivity contribution in [3.05, 3.63) is 10.5 Å². The van der Waals surface area contributed by atoms with Gasteiger partial charge in [-0.1, -0.05) is 22.9 Å². The van der Waals surface area contributed by atoms with Gasteiger partial charge in [0.15, 0.2) is 5.13 Å². The second-order valence-electron chi connectivity index (χ2n) is 3.63. The lowest BCUT2D eigenvalue weighted by Crippen LogP contribution is -2.29. The third kappa shape index (κ3) is 2.59. The molecule has 3 nitrogen and oxygen atoms in total. The van der Waals surface area contributed by atoms with Crippen LogP contribution in [0, 0.1) is 0 Å². The van der Waals surface area contributed by atoms with Crippen molar-refractivity contribution in [3.63, 3.8) is 0 Å². The van der Waals surface area contributed by atoms with E-state index in [9.17, 15) is 5.11 Å². The number of aliphatic hydroxyl groups is 1. The summed E-state index contributed by atoms with van der Waals surface area (Å²) in [5.41, 5.74) is 0. The molecule has 5 heteroatoms. The smallest absolute Gasteiger partial charge is 0.184 e. The van der Waals surface area contributed by atoms with Crippen molar-refractivity contribution < 1.29 is 5.11 Å². The average Bonchev–Trinajstić information content (AvgIpc) is 2.51. The minimum atomic E-state index is -0.156. The van der Waals surface area contributed by atoms with Gasteiger partial charge in [0, 0.05) is 6.04 Å². The molecule has 14 heavy (non-hydrogen) atoms. The molecule has 0 amide bonds. The minimum Gasteiger partial charge on any atom is -0.393 e. The number of aromatic nitrogens is 1. The molecule has 78 valence electrons. The zero-order valence-electron chi connectivity index (χ0n) is 7.74. The highest BCUT2D eigenvalue weighted by Crippen LogP contribution is 2.26. The van der Waals surface area contributed by atoms with Crippen LogP contribution in [-0.2, 0) is 0 Å². The maximum Gasteiger partial charge on any atom is 0.184 e. The van der Waals surface area contributed by atoms with E-state index in [0.29, 0.717) is 10.4 Å². The Kier molecular flexibility index (Phi) is 3.26. The van der Waals surface area contributed by atoms with E-state index >= 15 is 0 Å². The Bertz CT molecular complexity index is 305. The average molecular weight is 233 g/mol. The van der Waals surface area contributed by atoms with E-state index in [0.717, 1.165) is 30.8 Å². The van der Waals surface area contributed by atoms with Gasteiger partial charge < -0.3 is 10.4 Å². The summed E-state index contributed by atoms with van der Waals surface area (Å²) in [6, 6.07) is 0.348. The predicted molar refractivity (Wildman–Crippen MR) is 59.0 cm³/mol. The van der Waals surface area contributed by atoms with Gasteiger partial charge in [-0.25, -0.2) is 4.98 Å². The fourth-order valence-electron chi connectivity index (χ4n) is 1.79. The molecule has 1 aliphatic rings. The van der Waals surface area contributed by atoms with Gasteiger partial charge in [-0.15, -0.1) is 0 Å². The molecular formula is C9H13ClN2OS. The molecule has 0 aromatic carbocycles. The van der Waals surface area contributed by atoms with Gasteiger partial charge in [0.2, 0.25) is 0 Å². The SMILES string of the molecule is OC1CCCC(Nc2ncc(Cl)s2)C1. The van der Waals surface area contributed by atoms with E-state index in [1.54, 1.807) is 6.20 Å². The Morgan fingerprint density at radius 3 is 3.07 bits per heavy atom. The van der Waals surface area contributed by atoms with Crippen molar-refractivity contribution in [2.45, 2.75) is 37.8 Å². The van der Waals surface area contributed by atoms with Gasteiger partial charge in [-0.2, -0.15) is 0 Å². The van der Waals surface area contributed by atoms with Gasteiger partial charge in [-0.05, 0) is 25.7 Å². The zero-order chi connectivity index (χ0) is 9.97. The summed E-state index contributed by atoms with van der Waals surface area (Å²) in [6.45, 7) is 0. The molecule has 2 N–H and O–H groups in total. The van der Waals surface area contributed by atoms with Crippen LogP contribution in [0.25, 0.3) is 0 Å². The van der Waals surface area contributed by atoms with Crippen LogP contribution in [0.2, 0.25) is 4.34 Å². The van der Waals surface area contributed by atoms with Crippen molar-refractivity contribution >= 4 is 28.1 Å². The molecular weight excluding hydrogens is 220 g/mol. The largest absolute Gasteiger partial charge is 0.393 e. The molecule has 0 radical (unpaired) electrons. The first kappa shape index (κ1) is 10.2. The lowest BCUT2D eigenvalue weighted by molar-refractivity contribution is 0.124. The topological polar surface area (TPSA) is 45.1 Å². The second-order valence-corrected chi connectivity index (χ2v) is 5.29. The number of hydrogen-bond acceptors (Lipinski definition) is 4. The predicted octanol–water partition coefficient (Wildman–Crippen LogP) is 2.51. The molecule has 0 bridgehead atoms. The molecule has 1 aliphatic carbocycles. The summed E-state index contributed by atoms with van der Waals surface area (Å²) in [4.78, 5) is 4.13. The van der Waals surface area contributed by atoms with Crippen LogP contribution in [0.5, 0.6) is 0 Å². The molecule has 0 spiro atoms. The zero-order valence-corrected chi connectivity index (χ0v) is 9.31. The summed E-state index contributed by atoms with van der Waals surface area (Å²) in [6.07, 6.45) is 5.42. The maximum absolute atomic E-state index is 9.48. The summed E-state index contributed by atoms with van der Waals surface area (Å²) >= 11 is 7.22. The molecule has 1 aromatic heterocycles. The van der Waals surface area contributed by atoms with E-state index in [1.807, 2.05) is 0 Å². The Labute approximate surface area is 92.1 Å². The molecule has 2 rings (SSSR count). The molecule has 1 aromatic rings. The molecule has 0 saturated heterocycles. The molecule has 2 unspecified atom stereocenters. The molecule has 2 atom stereocenters. The van der Waals surface area contributed by atoms with Crippen LogP contribution in [0.4, 0.5) is 5.13 Å². The van der Waals surface area contributed by atoms with Gasteiger partial charge in [0.25, 0.3) is 0 Å². The highest BCUT2D eigenvalue weighted by Gasteiger charge is 2.20. The van der Waals surface area contributed by atoms with Gasteiger partial charge >= 0.3 is 0 Å². The monoisotopic (exact) mass is 232 g/mol. The number of nitrogens with one attached hydrogen (secondary N) is 1. The van der Waals surface area contributed by atoms with Crippen molar-refractivity contribution in [3.8, 4) is 0 Å². The normalized spacial score (nSPS) is 27.6. The quantitative estimate of drug-likeness (QED) is 0.824. The highest BCUT2D eigenvalue weighted by molar-refractivity contribution is 7.19. The van der Waals surface area contributed by atoms with Gasteiger partial charge in [0.05, 0.1) is 12.3 Å². The number of thiazole rings is 1. The Balaban J connectivity index is 1.90. The van der Waals surface area contributed by atoms with Crippen molar-refractivity contribution in [2.24, 2.45) is 0 Å².